The molecule has 38 heavy (non-hydrogen) atoms. The Hall–Kier alpha value is -2.88. The van der Waals surface area contributed by atoms with Crippen LogP contribution >= 0.6 is 46.6 Å². The lowest BCUT2D eigenvalue weighted by Crippen LogP contribution is -2.27. The summed E-state index contributed by atoms with van der Waals surface area (Å²) < 4.78 is 34.4. The highest BCUT2D eigenvalue weighted by atomic mass is 35.5. The largest absolute Gasteiger partial charge is 0.456 e. The zero-order valence-electron chi connectivity index (χ0n) is 19.7. The summed E-state index contributed by atoms with van der Waals surface area (Å²) in [7, 11) is -4.01. The van der Waals surface area contributed by atoms with Crippen LogP contribution in [0, 0.1) is 0 Å². The third kappa shape index (κ3) is 7.58. The lowest BCUT2D eigenvalue weighted by molar-refractivity contribution is 0.0957. The molecule has 0 spiro atoms. The molecular weight excluding hydrogens is 587 g/mol. The molecule has 4 aromatic rings. The van der Waals surface area contributed by atoms with Gasteiger partial charge in [0, 0.05) is 27.2 Å². The first-order valence-electron chi connectivity index (χ1n) is 11.2. The van der Waals surface area contributed by atoms with Crippen LogP contribution in [-0.4, -0.2) is 26.6 Å². The van der Waals surface area contributed by atoms with Crippen molar-refractivity contribution in [2.24, 2.45) is 0 Å². The van der Waals surface area contributed by atoms with Crippen LogP contribution in [0.25, 0.3) is 0 Å². The van der Waals surface area contributed by atoms with Gasteiger partial charge in [-0.3, -0.25) is 9.52 Å². The Balaban J connectivity index is 1.41. The van der Waals surface area contributed by atoms with Gasteiger partial charge in [0.25, 0.3) is 15.9 Å². The van der Waals surface area contributed by atoms with E-state index in [0.717, 1.165) is 4.90 Å². The first-order valence-corrected chi connectivity index (χ1v) is 14.8. The number of rotatable bonds is 10. The Morgan fingerprint density at radius 1 is 0.842 bits per heavy atom. The van der Waals surface area contributed by atoms with Crippen molar-refractivity contribution in [3.05, 3.63) is 112 Å². The van der Waals surface area contributed by atoms with Crippen LogP contribution in [0.2, 0.25) is 15.1 Å². The molecule has 0 aromatic heterocycles. The minimum Gasteiger partial charge on any atom is -0.456 e. The van der Waals surface area contributed by atoms with Gasteiger partial charge >= 0.3 is 0 Å². The van der Waals surface area contributed by atoms with Crippen molar-refractivity contribution in [2.45, 2.75) is 9.79 Å². The van der Waals surface area contributed by atoms with E-state index < -0.39 is 15.9 Å². The second-order valence-electron chi connectivity index (χ2n) is 7.86. The van der Waals surface area contributed by atoms with E-state index in [1.807, 2.05) is 12.1 Å². The van der Waals surface area contributed by atoms with Crippen LogP contribution in [0.1, 0.15) is 10.4 Å². The SMILES string of the molecule is O=C(NCCSc1ccc(Cl)cc1)c1cc(Cl)ccc1NS(=O)(=O)c1ccc(Oc2ccccc2Cl)cc1. The first-order chi connectivity index (χ1) is 18.2. The number of hydrogen-bond acceptors (Lipinski definition) is 5. The molecule has 6 nitrogen and oxygen atoms in total. The molecule has 0 radical (unpaired) electrons. The molecule has 11 heteroatoms. The van der Waals surface area contributed by atoms with E-state index in [1.54, 1.807) is 48.2 Å². The molecule has 196 valence electrons. The van der Waals surface area contributed by atoms with Crippen LogP contribution < -0.4 is 14.8 Å². The van der Waals surface area contributed by atoms with E-state index in [4.69, 9.17) is 39.5 Å². The number of amides is 1. The number of hydrogen-bond donors (Lipinski definition) is 2. The average molecular weight is 608 g/mol. The molecule has 0 aliphatic carbocycles. The molecular formula is C27H21Cl3N2O4S2. The number of carbonyl (C=O) groups excluding carboxylic acids is 1. The van der Waals surface area contributed by atoms with Gasteiger partial charge in [0.2, 0.25) is 0 Å². The smallest absolute Gasteiger partial charge is 0.261 e. The molecule has 0 atom stereocenters. The second-order valence-corrected chi connectivity index (χ2v) is 12.0. The normalized spacial score (nSPS) is 11.1. The van der Waals surface area contributed by atoms with Gasteiger partial charge in [-0.05, 0) is 78.9 Å². The van der Waals surface area contributed by atoms with E-state index in [1.165, 1.54) is 42.5 Å². The molecule has 1 amide bonds. The number of benzene rings is 4. The number of carbonyl (C=O) groups is 1. The van der Waals surface area contributed by atoms with Gasteiger partial charge < -0.3 is 10.1 Å². The summed E-state index contributed by atoms with van der Waals surface area (Å²) in [6.07, 6.45) is 0. The molecule has 0 aliphatic rings. The number of nitrogens with one attached hydrogen (secondary N) is 2. The third-order valence-corrected chi connectivity index (χ3v) is 8.33. The van der Waals surface area contributed by atoms with Crippen LogP contribution in [0.3, 0.4) is 0 Å². The standard InChI is InChI=1S/C27H21Cl3N2O4S2/c28-18-5-10-21(11-6-18)37-16-15-31-27(33)23-17-19(29)7-14-25(23)32-38(34,35)22-12-8-20(9-13-22)36-26-4-2-1-3-24(26)30/h1-14,17,32H,15-16H2,(H,31,33). The maximum atomic E-state index is 13.1. The lowest BCUT2D eigenvalue weighted by Gasteiger charge is -2.14. The molecule has 0 unspecified atom stereocenters. The van der Waals surface area contributed by atoms with Gasteiger partial charge in [0.1, 0.15) is 11.5 Å². The van der Waals surface area contributed by atoms with Gasteiger partial charge in [-0.2, -0.15) is 0 Å². The molecule has 0 fully saturated rings. The number of para-hydroxylation sites is 1. The fourth-order valence-corrected chi connectivity index (χ4v) is 5.62. The van der Waals surface area contributed by atoms with Gasteiger partial charge in [-0.25, -0.2) is 8.42 Å². The minimum absolute atomic E-state index is 0.00955. The van der Waals surface area contributed by atoms with Crippen LogP contribution in [0.15, 0.2) is 101 Å². The highest BCUT2D eigenvalue weighted by Gasteiger charge is 2.19. The van der Waals surface area contributed by atoms with Crippen molar-refractivity contribution in [3.8, 4) is 11.5 Å². The second kappa shape index (κ2) is 12.8. The van der Waals surface area contributed by atoms with Crippen molar-refractivity contribution < 1.29 is 17.9 Å². The molecule has 4 rings (SSSR count). The zero-order valence-corrected chi connectivity index (χ0v) is 23.6. The Morgan fingerprint density at radius 2 is 1.53 bits per heavy atom. The topological polar surface area (TPSA) is 84.5 Å². The van der Waals surface area contributed by atoms with Crippen LogP contribution in [0.5, 0.6) is 11.5 Å². The summed E-state index contributed by atoms with van der Waals surface area (Å²) in [5.74, 6) is 1.02. The van der Waals surface area contributed by atoms with Crippen molar-refractivity contribution >= 4 is 68.2 Å². The summed E-state index contributed by atoms with van der Waals surface area (Å²) in [5.41, 5.74) is 0.213. The number of anilines is 1. The summed E-state index contributed by atoms with van der Waals surface area (Å²) in [5, 5.41) is 4.19. The number of ether oxygens (including phenoxy) is 1. The monoisotopic (exact) mass is 606 g/mol. The molecule has 4 aromatic carbocycles. The van der Waals surface area contributed by atoms with E-state index in [0.29, 0.717) is 38.9 Å². The summed E-state index contributed by atoms with van der Waals surface area (Å²) >= 11 is 19.7. The highest BCUT2D eigenvalue weighted by Crippen LogP contribution is 2.30. The Bertz CT molecular complexity index is 1530. The van der Waals surface area contributed by atoms with Crippen molar-refractivity contribution in [2.75, 3.05) is 17.0 Å². The van der Waals surface area contributed by atoms with Crippen molar-refractivity contribution in [1.29, 1.82) is 0 Å². The molecule has 0 bridgehead atoms. The zero-order chi connectivity index (χ0) is 27.1. The lowest BCUT2D eigenvalue weighted by atomic mass is 10.1. The Labute approximate surface area is 240 Å². The molecule has 0 saturated carbocycles. The summed E-state index contributed by atoms with van der Waals surface area (Å²) in [4.78, 5) is 13.9. The van der Waals surface area contributed by atoms with Gasteiger partial charge in [-0.1, -0.05) is 46.9 Å². The van der Waals surface area contributed by atoms with Crippen molar-refractivity contribution in [3.63, 3.8) is 0 Å². The Kier molecular flexibility index (Phi) is 9.46. The van der Waals surface area contributed by atoms with Gasteiger partial charge in [0.15, 0.2) is 0 Å². The van der Waals surface area contributed by atoms with Crippen LogP contribution in [-0.2, 0) is 10.0 Å². The van der Waals surface area contributed by atoms with Gasteiger partial charge in [-0.15, -0.1) is 11.8 Å². The van der Waals surface area contributed by atoms with E-state index in [9.17, 15) is 13.2 Å². The third-order valence-electron chi connectivity index (χ3n) is 5.14. The summed E-state index contributed by atoms with van der Waals surface area (Å²) in [6, 6.07) is 24.6. The van der Waals surface area contributed by atoms with E-state index in [-0.39, 0.29) is 16.1 Å². The average Bonchev–Trinajstić information content (AvgIpc) is 2.90. The minimum atomic E-state index is -4.01. The molecule has 0 heterocycles. The van der Waals surface area contributed by atoms with Gasteiger partial charge in [0.05, 0.1) is 21.2 Å². The molecule has 2 N–H and O–H groups in total. The summed E-state index contributed by atoms with van der Waals surface area (Å²) in [6.45, 7) is 0.359. The number of thioether (sulfide) groups is 1. The number of halogens is 3. The maximum absolute atomic E-state index is 13.1. The van der Waals surface area contributed by atoms with Crippen LogP contribution in [0.4, 0.5) is 5.69 Å². The van der Waals surface area contributed by atoms with Crippen molar-refractivity contribution in [1.82, 2.24) is 5.32 Å². The molecule has 0 aliphatic heterocycles. The van der Waals surface area contributed by atoms with E-state index >= 15 is 0 Å². The number of sulfonamides is 1. The fourth-order valence-electron chi connectivity index (χ4n) is 3.30. The quantitative estimate of drug-likeness (QED) is 0.142. The predicted molar refractivity (Wildman–Crippen MR) is 155 cm³/mol. The van der Waals surface area contributed by atoms with E-state index in [2.05, 4.69) is 10.0 Å². The Morgan fingerprint density at radius 3 is 2.24 bits per heavy atom. The predicted octanol–water partition coefficient (Wildman–Crippen LogP) is 7.76. The maximum Gasteiger partial charge on any atom is 0.261 e. The molecule has 0 saturated heterocycles. The first kappa shape index (κ1) is 28.1. The fraction of sp³-hybridized carbons (Fsp3) is 0.0741. The highest BCUT2D eigenvalue weighted by molar-refractivity contribution is 7.99.